The van der Waals surface area contributed by atoms with E-state index in [4.69, 9.17) is 10.5 Å². The van der Waals surface area contributed by atoms with E-state index in [2.05, 4.69) is 31.0 Å². The zero-order chi connectivity index (χ0) is 15.6. The average molecular weight is 308 g/mol. The summed E-state index contributed by atoms with van der Waals surface area (Å²) in [5.74, 6) is 0. The second kappa shape index (κ2) is 5.95. The minimum atomic E-state index is -0.133. The number of hydrogen-bond donors (Lipinski definition) is 1. The molecular formula is C14H20N4O2S. The van der Waals surface area contributed by atoms with Gasteiger partial charge in [0, 0.05) is 24.8 Å². The first-order valence-electron chi connectivity index (χ1n) is 6.67. The topological polar surface area (TPSA) is 83.0 Å². The van der Waals surface area contributed by atoms with Crippen LogP contribution in [0, 0.1) is 0 Å². The molecule has 7 heteroatoms. The largest absolute Gasteiger partial charge is 0.383 e. The normalized spacial score (nSPS) is 11.8. The van der Waals surface area contributed by atoms with Crippen LogP contribution in [0.1, 0.15) is 26.5 Å². The Kier molecular flexibility index (Phi) is 4.43. The van der Waals surface area contributed by atoms with Crippen molar-refractivity contribution in [1.29, 1.82) is 0 Å². The quantitative estimate of drug-likeness (QED) is 0.932. The maximum atomic E-state index is 12.8. The van der Waals surface area contributed by atoms with Crippen molar-refractivity contribution in [2.24, 2.45) is 0 Å². The van der Waals surface area contributed by atoms with Crippen molar-refractivity contribution in [3.63, 3.8) is 0 Å². The second-order valence-corrected chi connectivity index (χ2v) is 6.79. The van der Waals surface area contributed by atoms with Gasteiger partial charge in [-0.05, 0) is 12.1 Å². The zero-order valence-electron chi connectivity index (χ0n) is 12.7. The van der Waals surface area contributed by atoms with Gasteiger partial charge in [-0.25, -0.2) is 0 Å². The molecule has 0 bridgehead atoms. The number of aromatic nitrogens is 3. The number of pyridine rings is 1. The summed E-state index contributed by atoms with van der Waals surface area (Å²) < 4.78 is 6.86. The molecule has 21 heavy (non-hydrogen) atoms. The van der Waals surface area contributed by atoms with E-state index in [-0.39, 0.29) is 11.0 Å². The van der Waals surface area contributed by atoms with Crippen molar-refractivity contribution in [2.75, 3.05) is 19.5 Å². The molecule has 0 aromatic carbocycles. The SMILES string of the molecule is COCCn1c(C(C)(C)C)ccc(-c2nnc(N)s2)c1=O. The summed E-state index contributed by atoms with van der Waals surface area (Å²) in [6, 6.07) is 3.76. The van der Waals surface area contributed by atoms with Crippen LogP contribution in [0.5, 0.6) is 0 Å². The first-order valence-corrected chi connectivity index (χ1v) is 7.49. The summed E-state index contributed by atoms with van der Waals surface area (Å²) >= 11 is 1.21. The predicted molar refractivity (Wildman–Crippen MR) is 84.6 cm³/mol. The van der Waals surface area contributed by atoms with Crippen molar-refractivity contribution in [1.82, 2.24) is 14.8 Å². The van der Waals surface area contributed by atoms with E-state index in [1.165, 1.54) is 11.3 Å². The Morgan fingerprint density at radius 1 is 1.33 bits per heavy atom. The van der Waals surface area contributed by atoms with Gasteiger partial charge in [-0.15, -0.1) is 10.2 Å². The first-order chi connectivity index (χ1) is 9.84. The number of methoxy groups -OCH3 is 1. The molecule has 2 aromatic heterocycles. The number of nitrogen functional groups attached to an aromatic ring is 1. The van der Waals surface area contributed by atoms with Crippen LogP contribution in [0.3, 0.4) is 0 Å². The highest BCUT2D eigenvalue weighted by Crippen LogP contribution is 2.25. The molecule has 0 saturated carbocycles. The van der Waals surface area contributed by atoms with Gasteiger partial charge in [0.15, 0.2) is 5.01 Å². The van der Waals surface area contributed by atoms with Crippen LogP contribution in [0.15, 0.2) is 16.9 Å². The molecule has 0 aliphatic carbocycles. The Balaban J connectivity index is 2.59. The van der Waals surface area contributed by atoms with Crippen LogP contribution < -0.4 is 11.3 Å². The lowest BCUT2D eigenvalue weighted by Gasteiger charge is -2.24. The maximum absolute atomic E-state index is 12.8. The van der Waals surface area contributed by atoms with Crippen LogP contribution in [0.25, 0.3) is 10.6 Å². The smallest absolute Gasteiger partial charge is 0.261 e. The Morgan fingerprint density at radius 3 is 2.57 bits per heavy atom. The monoisotopic (exact) mass is 308 g/mol. The lowest BCUT2D eigenvalue weighted by molar-refractivity contribution is 0.184. The number of rotatable bonds is 4. The fourth-order valence-corrected chi connectivity index (χ4v) is 2.77. The van der Waals surface area contributed by atoms with E-state index in [1.807, 2.05) is 6.07 Å². The Morgan fingerprint density at radius 2 is 2.05 bits per heavy atom. The fourth-order valence-electron chi connectivity index (χ4n) is 2.14. The van der Waals surface area contributed by atoms with Gasteiger partial charge in [-0.3, -0.25) is 4.79 Å². The Hall–Kier alpha value is -1.73. The van der Waals surface area contributed by atoms with Gasteiger partial charge in [0.1, 0.15) is 0 Å². The van der Waals surface area contributed by atoms with Crippen molar-refractivity contribution < 1.29 is 4.74 Å². The van der Waals surface area contributed by atoms with Gasteiger partial charge in [-0.2, -0.15) is 0 Å². The van der Waals surface area contributed by atoms with E-state index >= 15 is 0 Å². The van der Waals surface area contributed by atoms with E-state index in [1.54, 1.807) is 17.7 Å². The lowest BCUT2D eigenvalue weighted by Crippen LogP contribution is -2.31. The maximum Gasteiger partial charge on any atom is 0.261 e. The standard InChI is InChI=1S/C14H20N4O2S/c1-14(2,3)10-6-5-9(11-16-17-13(15)21-11)12(19)18(10)7-8-20-4/h5-6H,7-8H2,1-4H3,(H2,15,17). The minimum absolute atomic E-state index is 0.0874. The molecular weight excluding hydrogens is 288 g/mol. The summed E-state index contributed by atoms with van der Waals surface area (Å²) in [5.41, 5.74) is 6.86. The molecule has 0 fully saturated rings. The molecule has 2 aromatic rings. The Bertz CT molecular complexity index is 685. The van der Waals surface area contributed by atoms with Gasteiger partial charge in [0.05, 0.1) is 12.2 Å². The summed E-state index contributed by atoms with van der Waals surface area (Å²) in [5, 5.41) is 8.63. The highest BCUT2D eigenvalue weighted by Gasteiger charge is 2.21. The third kappa shape index (κ3) is 3.30. The van der Waals surface area contributed by atoms with Crippen LogP contribution >= 0.6 is 11.3 Å². The summed E-state index contributed by atoms with van der Waals surface area (Å²) in [7, 11) is 1.62. The molecule has 6 nitrogen and oxygen atoms in total. The number of hydrogen-bond acceptors (Lipinski definition) is 6. The van der Waals surface area contributed by atoms with Gasteiger partial charge < -0.3 is 15.0 Å². The van der Waals surface area contributed by atoms with Gasteiger partial charge in [0.2, 0.25) is 5.13 Å². The average Bonchev–Trinajstić information content (AvgIpc) is 2.82. The molecule has 114 valence electrons. The van der Waals surface area contributed by atoms with Crippen molar-refractivity contribution in [3.8, 4) is 10.6 Å². The van der Waals surface area contributed by atoms with Gasteiger partial charge >= 0.3 is 0 Å². The number of ether oxygens (including phenoxy) is 1. The summed E-state index contributed by atoms with van der Waals surface area (Å²) in [6.07, 6.45) is 0. The van der Waals surface area contributed by atoms with E-state index in [9.17, 15) is 4.79 Å². The third-order valence-electron chi connectivity index (χ3n) is 3.13. The first kappa shape index (κ1) is 15.7. The summed E-state index contributed by atoms with van der Waals surface area (Å²) in [4.78, 5) is 12.8. The molecule has 0 amide bonds. The van der Waals surface area contributed by atoms with Crippen molar-refractivity contribution >= 4 is 16.5 Å². The van der Waals surface area contributed by atoms with Crippen molar-refractivity contribution in [2.45, 2.75) is 32.7 Å². The predicted octanol–water partition coefficient (Wildman–Crippen LogP) is 1.89. The van der Waals surface area contributed by atoms with Crippen LogP contribution in [0.4, 0.5) is 5.13 Å². The lowest BCUT2D eigenvalue weighted by atomic mass is 9.90. The van der Waals surface area contributed by atoms with Crippen LogP contribution in [0.2, 0.25) is 0 Å². The molecule has 2 rings (SSSR count). The van der Waals surface area contributed by atoms with E-state index in [0.717, 1.165) is 5.69 Å². The molecule has 0 radical (unpaired) electrons. The molecule has 0 spiro atoms. The highest BCUT2D eigenvalue weighted by atomic mass is 32.1. The molecule has 0 aliphatic heterocycles. The second-order valence-electron chi connectivity index (χ2n) is 5.78. The van der Waals surface area contributed by atoms with E-state index in [0.29, 0.717) is 28.9 Å². The molecule has 0 aliphatic rings. The number of anilines is 1. The van der Waals surface area contributed by atoms with Gasteiger partial charge in [-0.1, -0.05) is 32.1 Å². The minimum Gasteiger partial charge on any atom is -0.383 e. The molecule has 0 saturated heterocycles. The van der Waals surface area contributed by atoms with Crippen molar-refractivity contribution in [3.05, 3.63) is 28.2 Å². The molecule has 2 N–H and O–H groups in total. The molecule has 2 heterocycles. The number of nitrogens with zero attached hydrogens (tertiary/aromatic N) is 3. The third-order valence-corrected chi connectivity index (χ3v) is 3.92. The fraction of sp³-hybridized carbons (Fsp3) is 0.500. The van der Waals surface area contributed by atoms with Gasteiger partial charge in [0.25, 0.3) is 5.56 Å². The highest BCUT2D eigenvalue weighted by molar-refractivity contribution is 7.18. The van der Waals surface area contributed by atoms with Crippen LogP contribution in [-0.4, -0.2) is 28.5 Å². The molecule has 0 unspecified atom stereocenters. The Labute approximate surface area is 127 Å². The zero-order valence-corrected chi connectivity index (χ0v) is 13.5. The number of nitrogens with two attached hydrogens (primary N) is 1. The van der Waals surface area contributed by atoms with E-state index < -0.39 is 0 Å². The van der Waals surface area contributed by atoms with Crippen LogP contribution in [-0.2, 0) is 16.7 Å². The molecule has 0 atom stereocenters. The summed E-state index contributed by atoms with van der Waals surface area (Å²) in [6.45, 7) is 7.21.